The van der Waals surface area contributed by atoms with E-state index >= 15 is 0 Å². The van der Waals surface area contributed by atoms with E-state index in [2.05, 4.69) is 41.0 Å². The molecule has 5 heteroatoms. The van der Waals surface area contributed by atoms with Gasteiger partial charge in [-0.3, -0.25) is 0 Å². The van der Waals surface area contributed by atoms with E-state index in [1.54, 1.807) is 0 Å². The predicted molar refractivity (Wildman–Crippen MR) is 110 cm³/mol. The number of fused-ring (bicyclic) bond motifs is 1. The minimum Gasteiger partial charge on any atom is -0.324 e. The van der Waals surface area contributed by atoms with E-state index in [-0.39, 0.29) is 0 Å². The highest BCUT2D eigenvalue weighted by atomic mass is 15.1. The number of aromatic nitrogens is 2. The Morgan fingerprint density at radius 3 is 2.15 bits per heavy atom. The second-order valence-corrected chi connectivity index (χ2v) is 6.85. The van der Waals surface area contributed by atoms with Crippen molar-refractivity contribution in [3.63, 3.8) is 0 Å². The van der Waals surface area contributed by atoms with Crippen molar-refractivity contribution in [1.82, 2.24) is 9.97 Å². The zero-order valence-electron chi connectivity index (χ0n) is 15.9. The zero-order chi connectivity index (χ0) is 19.0. The molecule has 27 heavy (non-hydrogen) atoms. The molecular weight excluding hydrogens is 334 g/mol. The number of nitrogens with zero attached hydrogens (tertiary/aromatic N) is 4. The molecule has 0 saturated carbocycles. The van der Waals surface area contributed by atoms with Crippen LogP contribution in [-0.2, 0) is 0 Å². The summed E-state index contributed by atoms with van der Waals surface area (Å²) in [6.07, 6.45) is 3.71. The minimum absolute atomic E-state index is 0.660. The summed E-state index contributed by atoms with van der Waals surface area (Å²) in [6, 6.07) is 12.1. The molecule has 0 unspecified atom stereocenters. The highest BCUT2D eigenvalue weighted by Crippen LogP contribution is 2.24. The lowest BCUT2D eigenvalue weighted by atomic mass is 10.1. The number of benzene rings is 1. The normalized spacial score (nSPS) is 14.2. The molecule has 0 bridgehead atoms. The fourth-order valence-corrected chi connectivity index (χ4v) is 2.88. The Hall–Kier alpha value is -3.34. The molecular formula is C22H21N5. The number of hydrogen-bond donors (Lipinski definition) is 1. The van der Waals surface area contributed by atoms with Crippen molar-refractivity contribution in [3.05, 3.63) is 82.2 Å². The number of hydrogen-bond acceptors (Lipinski definition) is 4. The summed E-state index contributed by atoms with van der Waals surface area (Å²) >= 11 is 0. The van der Waals surface area contributed by atoms with Crippen LogP contribution in [0.5, 0.6) is 0 Å². The van der Waals surface area contributed by atoms with Crippen molar-refractivity contribution in [1.29, 1.82) is 0 Å². The zero-order valence-corrected chi connectivity index (χ0v) is 15.9. The third-order valence-electron chi connectivity index (χ3n) is 4.84. The summed E-state index contributed by atoms with van der Waals surface area (Å²) < 4.78 is 0. The van der Waals surface area contributed by atoms with Crippen molar-refractivity contribution in [2.24, 2.45) is 9.98 Å². The van der Waals surface area contributed by atoms with Crippen LogP contribution in [0.25, 0.3) is 0 Å². The first kappa shape index (κ1) is 17.1. The standard InChI is InChI=1S/C22H21N5/c1-13-9-19(23-11-15(13)3)25-21-17-7-5-6-8-18(17)22(27-21)26-20-10-14(2)16(4)12-24-20/h5-12H,1-4H3,(H,23,24,25,26,27). The van der Waals surface area contributed by atoms with Gasteiger partial charge in [-0.1, -0.05) is 24.3 Å². The van der Waals surface area contributed by atoms with Gasteiger partial charge in [0.25, 0.3) is 0 Å². The maximum Gasteiger partial charge on any atom is 0.164 e. The molecule has 0 saturated heterocycles. The van der Waals surface area contributed by atoms with Gasteiger partial charge in [0.2, 0.25) is 0 Å². The lowest BCUT2D eigenvalue weighted by molar-refractivity contribution is 1.19. The molecule has 1 aromatic carbocycles. The van der Waals surface area contributed by atoms with Crippen molar-refractivity contribution in [2.45, 2.75) is 27.7 Å². The highest BCUT2D eigenvalue weighted by Gasteiger charge is 2.22. The van der Waals surface area contributed by atoms with Gasteiger partial charge >= 0.3 is 0 Å². The predicted octanol–water partition coefficient (Wildman–Crippen LogP) is 4.66. The first-order chi connectivity index (χ1) is 13.0. The van der Waals surface area contributed by atoms with E-state index in [4.69, 9.17) is 4.99 Å². The molecule has 1 aliphatic rings. The van der Waals surface area contributed by atoms with Crippen LogP contribution in [0.3, 0.4) is 0 Å². The van der Waals surface area contributed by atoms with Crippen LogP contribution in [0.4, 0.5) is 11.6 Å². The number of aryl methyl sites for hydroxylation is 4. The van der Waals surface area contributed by atoms with E-state index < -0.39 is 0 Å². The van der Waals surface area contributed by atoms with Crippen molar-refractivity contribution < 1.29 is 0 Å². The molecule has 0 fully saturated rings. The number of amidine groups is 2. The summed E-state index contributed by atoms with van der Waals surface area (Å²) in [4.78, 5) is 18.3. The summed E-state index contributed by atoms with van der Waals surface area (Å²) in [6.45, 7) is 8.23. The van der Waals surface area contributed by atoms with Gasteiger partial charge in [0, 0.05) is 23.5 Å². The molecule has 4 rings (SSSR count). The van der Waals surface area contributed by atoms with E-state index in [0.717, 1.165) is 39.5 Å². The quantitative estimate of drug-likeness (QED) is 0.727. The van der Waals surface area contributed by atoms with Gasteiger partial charge < -0.3 is 5.32 Å². The third kappa shape index (κ3) is 3.36. The fourth-order valence-electron chi connectivity index (χ4n) is 2.88. The van der Waals surface area contributed by atoms with Crippen LogP contribution >= 0.6 is 0 Å². The molecule has 0 radical (unpaired) electrons. The summed E-state index contributed by atoms with van der Waals surface area (Å²) in [5, 5.41) is 3.34. The van der Waals surface area contributed by atoms with Gasteiger partial charge in [0.15, 0.2) is 11.7 Å². The Morgan fingerprint density at radius 2 is 1.44 bits per heavy atom. The first-order valence-electron chi connectivity index (χ1n) is 8.92. The van der Waals surface area contributed by atoms with E-state index in [1.807, 2.05) is 55.7 Å². The second-order valence-electron chi connectivity index (χ2n) is 6.85. The third-order valence-corrected chi connectivity index (χ3v) is 4.84. The van der Waals surface area contributed by atoms with Gasteiger partial charge in [-0.25, -0.2) is 20.0 Å². The van der Waals surface area contributed by atoms with E-state index in [1.165, 1.54) is 5.56 Å². The maximum atomic E-state index is 4.73. The van der Waals surface area contributed by atoms with Crippen molar-refractivity contribution in [2.75, 3.05) is 5.32 Å². The molecule has 134 valence electrons. The monoisotopic (exact) mass is 355 g/mol. The lowest BCUT2D eigenvalue weighted by Crippen LogP contribution is -2.12. The minimum atomic E-state index is 0.660. The average Bonchev–Trinajstić information content (AvgIpc) is 2.99. The smallest absolute Gasteiger partial charge is 0.164 e. The molecule has 3 heterocycles. The second kappa shape index (κ2) is 6.76. The Balaban J connectivity index is 1.73. The average molecular weight is 355 g/mol. The molecule has 3 aromatic rings. The number of nitrogens with one attached hydrogen (secondary N) is 1. The van der Waals surface area contributed by atoms with Crippen LogP contribution in [0, 0.1) is 27.7 Å². The molecule has 0 spiro atoms. The van der Waals surface area contributed by atoms with Gasteiger partial charge in [0.05, 0.1) is 0 Å². The van der Waals surface area contributed by atoms with E-state index in [9.17, 15) is 0 Å². The van der Waals surface area contributed by atoms with Gasteiger partial charge in [-0.2, -0.15) is 0 Å². The molecule has 0 amide bonds. The topological polar surface area (TPSA) is 62.5 Å². The Labute approximate surface area is 159 Å². The van der Waals surface area contributed by atoms with Gasteiger partial charge in [-0.15, -0.1) is 0 Å². The summed E-state index contributed by atoms with van der Waals surface area (Å²) in [5.41, 5.74) is 6.67. The van der Waals surface area contributed by atoms with Gasteiger partial charge in [-0.05, 0) is 62.1 Å². The summed E-state index contributed by atoms with van der Waals surface area (Å²) in [5.74, 6) is 2.85. The summed E-state index contributed by atoms with van der Waals surface area (Å²) in [7, 11) is 0. The number of pyridine rings is 2. The van der Waals surface area contributed by atoms with Crippen molar-refractivity contribution >= 4 is 23.3 Å². The molecule has 0 aliphatic carbocycles. The number of rotatable bonds is 2. The Morgan fingerprint density at radius 1 is 0.778 bits per heavy atom. The van der Waals surface area contributed by atoms with Crippen LogP contribution in [0.1, 0.15) is 33.4 Å². The van der Waals surface area contributed by atoms with Crippen LogP contribution < -0.4 is 5.32 Å². The highest BCUT2D eigenvalue weighted by molar-refractivity contribution is 6.26. The first-order valence-corrected chi connectivity index (χ1v) is 8.92. The molecule has 2 aromatic heterocycles. The molecule has 1 aliphatic heterocycles. The van der Waals surface area contributed by atoms with Crippen molar-refractivity contribution in [3.8, 4) is 0 Å². The number of aliphatic imine (C=N–C) groups is 2. The van der Waals surface area contributed by atoms with E-state index in [0.29, 0.717) is 11.7 Å². The molecule has 5 nitrogen and oxygen atoms in total. The SMILES string of the molecule is Cc1cnc(N=C2N=C(Nc3cc(C)c(C)cn3)c3ccccc32)cc1C. The molecule has 0 atom stereocenters. The lowest BCUT2D eigenvalue weighted by Gasteiger charge is -2.08. The molecule has 1 N–H and O–H groups in total. The Bertz CT molecular complexity index is 1100. The Kier molecular flexibility index (Phi) is 4.28. The van der Waals surface area contributed by atoms with Crippen LogP contribution in [-0.4, -0.2) is 21.6 Å². The number of anilines is 1. The van der Waals surface area contributed by atoms with Crippen LogP contribution in [0.2, 0.25) is 0 Å². The van der Waals surface area contributed by atoms with Gasteiger partial charge in [0.1, 0.15) is 11.7 Å². The van der Waals surface area contributed by atoms with Crippen LogP contribution in [0.15, 0.2) is 58.8 Å². The fraction of sp³-hybridized carbons (Fsp3) is 0.182. The maximum absolute atomic E-state index is 4.73. The largest absolute Gasteiger partial charge is 0.324 e.